The second-order valence-electron chi connectivity index (χ2n) is 5.38. The van der Waals surface area contributed by atoms with E-state index in [4.69, 9.17) is 4.74 Å². The van der Waals surface area contributed by atoms with Gasteiger partial charge in [0.2, 0.25) is 0 Å². The standard InChI is InChI=1S/C16H23NO3/c1-11(2)7-8-17-16(19)10-20-15-6-5-12(3)9-14(15)13(4)18/h5-6,9,11H,7-8,10H2,1-4H3,(H,17,19). The maximum absolute atomic E-state index is 11.6. The van der Waals surface area contributed by atoms with Gasteiger partial charge in [-0.05, 0) is 38.3 Å². The molecule has 20 heavy (non-hydrogen) atoms. The van der Waals surface area contributed by atoms with Gasteiger partial charge in [-0.3, -0.25) is 9.59 Å². The van der Waals surface area contributed by atoms with Crippen molar-refractivity contribution in [2.45, 2.75) is 34.1 Å². The third kappa shape index (κ3) is 5.43. The zero-order valence-corrected chi connectivity index (χ0v) is 12.7. The number of Topliss-reactive ketones (excluding diaryl/α,β-unsaturated/α-hetero) is 1. The van der Waals surface area contributed by atoms with Gasteiger partial charge in [0, 0.05) is 6.54 Å². The molecule has 4 heteroatoms. The molecule has 0 aliphatic heterocycles. The maximum Gasteiger partial charge on any atom is 0.257 e. The van der Waals surface area contributed by atoms with E-state index >= 15 is 0 Å². The molecule has 0 aromatic heterocycles. The van der Waals surface area contributed by atoms with E-state index in [0.717, 1.165) is 12.0 Å². The van der Waals surface area contributed by atoms with Crippen molar-refractivity contribution < 1.29 is 14.3 Å². The molecule has 4 nitrogen and oxygen atoms in total. The van der Waals surface area contributed by atoms with E-state index in [-0.39, 0.29) is 18.3 Å². The molecular weight excluding hydrogens is 254 g/mol. The third-order valence-electron chi connectivity index (χ3n) is 2.92. The first-order valence-corrected chi connectivity index (χ1v) is 6.91. The van der Waals surface area contributed by atoms with Gasteiger partial charge in [-0.1, -0.05) is 25.5 Å². The summed E-state index contributed by atoms with van der Waals surface area (Å²) >= 11 is 0. The molecule has 0 saturated heterocycles. The van der Waals surface area contributed by atoms with E-state index in [0.29, 0.717) is 23.8 Å². The monoisotopic (exact) mass is 277 g/mol. The van der Waals surface area contributed by atoms with Crippen molar-refractivity contribution in [2.75, 3.05) is 13.2 Å². The Bertz CT molecular complexity index is 481. The zero-order chi connectivity index (χ0) is 15.1. The first-order valence-electron chi connectivity index (χ1n) is 6.91. The minimum Gasteiger partial charge on any atom is -0.483 e. The highest BCUT2D eigenvalue weighted by atomic mass is 16.5. The molecule has 0 aliphatic carbocycles. The Labute approximate surface area is 120 Å². The summed E-state index contributed by atoms with van der Waals surface area (Å²) in [7, 11) is 0. The maximum atomic E-state index is 11.6. The fraction of sp³-hybridized carbons (Fsp3) is 0.500. The molecule has 110 valence electrons. The summed E-state index contributed by atoms with van der Waals surface area (Å²) in [6.07, 6.45) is 0.939. The van der Waals surface area contributed by atoms with Crippen LogP contribution in [0.1, 0.15) is 43.1 Å². The topological polar surface area (TPSA) is 55.4 Å². The van der Waals surface area contributed by atoms with Crippen LogP contribution in [0.5, 0.6) is 5.75 Å². The summed E-state index contributed by atoms with van der Waals surface area (Å²) in [6.45, 7) is 8.19. The van der Waals surface area contributed by atoms with Crippen LogP contribution in [-0.2, 0) is 4.79 Å². The van der Waals surface area contributed by atoms with Gasteiger partial charge in [0.15, 0.2) is 12.4 Å². The molecule has 0 saturated carbocycles. The lowest BCUT2D eigenvalue weighted by atomic mass is 10.1. The molecule has 0 radical (unpaired) electrons. The van der Waals surface area contributed by atoms with Gasteiger partial charge < -0.3 is 10.1 Å². The Kier molecular flexibility index (Phi) is 6.22. The lowest BCUT2D eigenvalue weighted by Gasteiger charge is -2.11. The third-order valence-corrected chi connectivity index (χ3v) is 2.92. The Morgan fingerprint density at radius 3 is 2.60 bits per heavy atom. The number of ether oxygens (including phenoxy) is 1. The minimum absolute atomic E-state index is 0.0658. The molecule has 0 atom stereocenters. The Hall–Kier alpha value is -1.84. The van der Waals surface area contributed by atoms with E-state index in [2.05, 4.69) is 19.2 Å². The molecule has 1 aromatic rings. The van der Waals surface area contributed by atoms with Crippen molar-refractivity contribution in [1.29, 1.82) is 0 Å². The molecule has 1 aromatic carbocycles. The molecule has 0 spiro atoms. The van der Waals surface area contributed by atoms with Gasteiger partial charge in [0.1, 0.15) is 5.75 Å². The summed E-state index contributed by atoms with van der Waals surface area (Å²) in [5.74, 6) is 0.782. The predicted molar refractivity (Wildman–Crippen MR) is 79.1 cm³/mol. The van der Waals surface area contributed by atoms with Gasteiger partial charge in [-0.25, -0.2) is 0 Å². The summed E-state index contributed by atoms with van der Waals surface area (Å²) in [5.41, 5.74) is 1.50. The molecule has 0 unspecified atom stereocenters. The highest BCUT2D eigenvalue weighted by molar-refractivity contribution is 5.97. The molecule has 1 amide bonds. The smallest absolute Gasteiger partial charge is 0.257 e. The van der Waals surface area contributed by atoms with Crippen molar-refractivity contribution >= 4 is 11.7 Å². The van der Waals surface area contributed by atoms with Crippen LogP contribution in [-0.4, -0.2) is 24.8 Å². The van der Waals surface area contributed by atoms with Crippen LogP contribution in [0.25, 0.3) is 0 Å². The summed E-state index contributed by atoms with van der Waals surface area (Å²) < 4.78 is 5.44. The van der Waals surface area contributed by atoms with Crippen LogP contribution >= 0.6 is 0 Å². The lowest BCUT2D eigenvalue weighted by Crippen LogP contribution is -2.30. The average Bonchev–Trinajstić information content (AvgIpc) is 2.36. The van der Waals surface area contributed by atoms with Crippen LogP contribution < -0.4 is 10.1 Å². The highest BCUT2D eigenvalue weighted by Crippen LogP contribution is 2.20. The molecule has 1 N–H and O–H groups in total. The number of carbonyl (C=O) groups is 2. The number of ketones is 1. The molecular formula is C16H23NO3. The Balaban J connectivity index is 2.53. The van der Waals surface area contributed by atoms with E-state index in [9.17, 15) is 9.59 Å². The van der Waals surface area contributed by atoms with E-state index in [1.165, 1.54) is 6.92 Å². The van der Waals surface area contributed by atoms with Crippen LogP contribution in [0.4, 0.5) is 0 Å². The zero-order valence-electron chi connectivity index (χ0n) is 12.7. The number of hydrogen-bond acceptors (Lipinski definition) is 3. The number of aryl methyl sites for hydroxylation is 1. The van der Waals surface area contributed by atoms with Crippen LogP contribution in [0, 0.1) is 12.8 Å². The predicted octanol–water partition coefficient (Wildman–Crippen LogP) is 2.74. The first-order chi connectivity index (χ1) is 9.40. The second-order valence-corrected chi connectivity index (χ2v) is 5.38. The van der Waals surface area contributed by atoms with Crippen LogP contribution in [0.2, 0.25) is 0 Å². The molecule has 1 rings (SSSR count). The van der Waals surface area contributed by atoms with Gasteiger partial charge in [0.05, 0.1) is 5.56 Å². The first kappa shape index (κ1) is 16.2. The fourth-order valence-corrected chi connectivity index (χ4v) is 1.74. The number of carbonyl (C=O) groups excluding carboxylic acids is 2. The SMILES string of the molecule is CC(=O)c1cc(C)ccc1OCC(=O)NCCC(C)C. The molecule has 0 aliphatic rings. The van der Waals surface area contributed by atoms with Crippen molar-refractivity contribution in [3.63, 3.8) is 0 Å². The van der Waals surface area contributed by atoms with Gasteiger partial charge >= 0.3 is 0 Å². The van der Waals surface area contributed by atoms with Crippen molar-refractivity contribution in [2.24, 2.45) is 5.92 Å². The van der Waals surface area contributed by atoms with Crippen molar-refractivity contribution in [3.8, 4) is 5.75 Å². The van der Waals surface area contributed by atoms with Crippen molar-refractivity contribution in [3.05, 3.63) is 29.3 Å². The van der Waals surface area contributed by atoms with Crippen LogP contribution in [0.15, 0.2) is 18.2 Å². The van der Waals surface area contributed by atoms with Gasteiger partial charge in [-0.15, -0.1) is 0 Å². The second kappa shape index (κ2) is 7.68. The number of nitrogens with one attached hydrogen (secondary N) is 1. The molecule has 0 bridgehead atoms. The minimum atomic E-state index is -0.166. The number of benzene rings is 1. The average molecular weight is 277 g/mol. The van der Waals surface area contributed by atoms with E-state index in [1.54, 1.807) is 12.1 Å². The van der Waals surface area contributed by atoms with Crippen molar-refractivity contribution in [1.82, 2.24) is 5.32 Å². The largest absolute Gasteiger partial charge is 0.483 e. The van der Waals surface area contributed by atoms with Crippen LogP contribution in [0.3, 0.4) is 0 Å². The summed E-state index contributed by atoms with van der Waals surface area (Å²) in [6, 6.07) is 5.36. The fourth-order valence-electron chi connectivity index (χ4n) is 1.74. The molecule has 0 fully saturated rings. The van der Waals surface area contributed by atoms with Gasteiger partial charge in [-0.2, -0.15) is 0 Å². The Morgan fingerprint density at radius 1 is 1.30 bits per heavy atom. The lowest BCUT2D eigenvalue weighted by molar-refractivity contribution is -0.123. The number of rotatable bonds is 7. The van der Waals surface area contributed by atoms with E-state index in [1.807, 2.05) is 13.0 Å². The highest BCUT2D eigenvalue weighted by Gasteiger charge is 2.10. The number of amides is 1. The number of hydrogen-bond donors (Lipinski definition) is 1. The van der Waals surface area contributed by atoms with Gasteiger partial charge in [0.25, 0.3) is 5.91 Å². The molecule has 0 heterocycles. The quantitative estimate of drug-likeness (QED) is 0.780. The summed E-state index contributed by atoms with van der Waals surface area (Å²) in [4.78, 5) is 23.2. The Morgan fingerprint density at radius 2 is 2.00 bits per heavy atom. The summed E-state index contributed by atoms with van der Waals surface area (Å²) in [5, 5.41) is 2.80. The van der Waals surface area contributed by atoms with E-state index < -0.39 is 0 Å². The normalized spacial score (nSPS) is 10.4.